The summed E-state index contributed by atoms with van der Waals surface area (Å²) in [6.07, 6.45) is 1.48. The van der Waals surface area contributed by atoms with Gasteiger partial charge in [-0.3, -0.25) is 0 Å². The van der Waals surface area contributed by atoms with Crippen LogP contribution in [0.5, 0.6) is 0 Å². The summed E-state index contributed by atoms with van der Waals surface area (Å²) in [7, 11) is 0. The van der Waals surface area contributed by atoms with E-state index in [0.29, 0.717) is 23.6 Å². The largest absolute Gasteiger partial charge is 0.387 e. The molecule has 1 N–H and O–H groups in total. The fourth-order valence-corrected chi connectivity index (χ4v) is 3.24. The number of aromatic nitrogens is 1. The Balaban J connectivity index is 1.94. The summed E-state index contributed by atoms with van der Waals surface area (Å²) in [6, 6.07) is 3.89. The fraction of sp³-hybridized carbons (Fsp3) is 0.583. The highest BCUT2D eigenvalue weighted by molar-refractivity contribution is 5.60. The van der Waals surface area contributed by atoms with Gasteiger partial charge >= 0.3 is 5.82 Å². The maximum Gasteiger partial charge on any atom is 0.387 e. The lowest BCUT2D eigenvalue weighted by Crippen LogP contribution is -2.33. The Morgan fingerprint density at radius 2 is 2.39 bits per heavy atom. The molecule has 1 aromatic heterocycles. The van der Waals surface area contributed by atoms with Crippen LogP contribution in [0.1, 0.15) is 6.92 Å². The van der Waals surface area contributed by atoms with Gasteiger partial charge in [0.1, 0.15) is 11.9 Å². The van der Waals surface area contributed by atoms with E-state index in [1.54, 1.807) is 12.1 Å². The van der Waals surface area contributed by atoms with Gasteiger partial charge in [0.25, 0.3) is 0 Å². The van der Waals surface area contributed by atoms with Gasteiger partial charge in [-0.25, -0.2) is 0 Å². The Hall–Kier alpha value is -1.69. The molecule has 2 aliphatic heterocycles. The van der Waals surface area contributed by atoms with Crippen molar-refractivity contribution in [3.8, 4) is 0 Å². The van der Waals surface area contributed by atoms with Crippen molar-refractivity contribution in [3.63, 3.8) is 0 Å². The Labute approximate surface area is 105 Å². The molecule has 3 unspecified atom stereocenters. The first kappa shape index (κ1) is 11.4. The number of hydrogen-bond acceptors (Lipinski definition) is 5. The number of anilines is 1. The zero-order valence-electron chi connectivity index (χ0n) is 10.2. The van der Waals surface area contributed by atoms with Gasteiger partial charge in [-0.2, -0.15) is 0 Å². The summed E-state index contributed by atoms with van der Waals surface area (Å²) < 4.78 is 0. The Bertz CT molecular complexity index is 479. The lowest BCUT2D eigenvalue weighted by molar-refractivity contribution is -0.388. The predicted molar refractivity (Wildman–Crippen MR) is 67.5 cm³/mol. The van der Waals surface area contributed by atoms with Crippen LogP contribution in [0.3, 0.4) is 0 Å². The molecule has 3 atom stereocenters. The predicted octanol–water partition coefficient (Wildman–Crippen LogP) is 1.03. The smallest absolute Gasteiger partial charge is 0.361 e. The number of nitrogens with zero attached hydrogens (tertiary/aromatic N) is 3. The zero-order chi connectivity index (χ0) is 12.7. The van der Waals surface area contributed by atoms with E-state index in [1.165, 1.54) is 6.20 Å². The van der Waals surface area contributed by atoms with Crippen LogP contribution >= 0.6 is 0 Å². The fourth-order valence-electron chi connectivity index (χ4n) is 3.24. The number of hydrogen-bond donors (Lipinski definition) is 1. The standard InChI is InChI=1S/C12H16N4O2/c1-8-10-6-13-5-9(10)7-15(8)11-3-2-4-14-12(11)16(17)18/h2-4,8-10,13H,5-7H2,1H3. The highest BCUT2D eigenvalue weighted by Gasteiger charge is 2.43. The monoisotopic (exact) mass is 248 g/mol. The van der Waals surface area contributed by atoms with Crippen molar-refractivity contribution in [1.82, 2.24) is 10.3 Å². The van der Waals surface area contributed by atoms with Gasteiger partial charge in [0, 0.05) is 25.7 Å². The quantitative estimate of drug-likeness (QED) is 0.625. The number of nitrogens with one attached hydrogen (secondary N) is 1. The number of rotatable bonds is 2. The van der Waals surface area contributed by atoms with Gasteiger partial charge in [-0.15, -0.1) is 0 Å². The minimum atomic E-state index is -0.394. The minimum Gasteiger partial charge on any atom is -0.361 e. The molecule has 0 spiro atoms. The van der Waals surface area contributed by atoms with E-state index in [4.69, 9.17) is 0 Å². The molecule has 18 heavy (non-hydrogen) atoms. The van der Waals surface area contributed by atoms with Crippen molar-refractivity contribution < 1.29 is 4.92 Å². The van der Waals surface area contributed by atoms with Gasteiger partial charge in [-0.1, -0.05) is 0 Å². The SMILES string of the molecule is CC1C2CNCC2CN1c1cccnc1[N+](=O)[O-]. The maximum absolute atomic E-state index is 11.0. The van der Waals surface area contributed by atoms with Crippen LogP contribution < -0.4 is 10.2 Å². The first-order valence-corrected chi connectivity index (χ1v) is 6.25. The summed E-state index contributed by atoms with van der Waals surface area (Å²) in [6.45, 7) is 5.05. The molecule has 0 aromatic carbocycles. The molecule has 0 radical (unpaired) electrons. The molecular weight excluding hydrogens is 232 g/mol. The lowest BCUT2D eigenvalue weighted by atomic mass is 9.95. The summed E-state index contributed by atoms with van der Waals surface area (Å²) in [5.74, 6) is 1.15. The maximum atomic E-state index is 11.0. The normalized spacial score (nSPS) is 30.5. The average molecular weight is 248 g/mol. The van der Waals surface area contributed by atoms with Crippen LogP contribution in [0.15, 0.2) is 18.3 Å². The molecule has 6 heteroatoms. The molecule has 6 nitrogen and oxygen atoms in total. The van der Waals surface area contributed by atoms with Crippen LogP contribution in [-0.4, -0.2) is 35.6 Å². The molecule has 0 bridgehead atoms. The van der Waals surface area contributed by atoms with Gasteiger partial charge in [0.05, 0.1) is 0 Å². The molecule has 3 rings (SSSR count). The molecule has 0 saturated carbocycles. The Morgan fingerprint density at radius 1 is 1.56 bits per heavy atom. The summed E-state index contributed by atoms with van der Waals surface area (Å²) in [5, 5.41) is 14.4. The highest BCUT2D eigenvalue weighted by atomic mass is 16.6. The topological polar surface area (TPSA) is 71.3 Å². The Kier molecular flexibility index (Phi) is 2.66. The third-order valence-corrected chi connectivity index (χ3v) is 4.18. The van der Waals surface area contributed by atoms with Gasteiger partial charge in [-0.05, 0) is 40.8 Å². The van der Waals surface area contributed by atoms with Crippen LogP contribution in [0.25, 0.3) is 0 Å². The lowest BCUT2D eigenvalue weighted by Gasteiger charge is -2.25. The molecule has 3 heterocycles. The van der Waals surface area contributed by atoms with Crippen molar-refractivity contribution >= 4 is 11.5 Å². The van der Waals surface area contributed by atoms with Gasteiger partial charge in [0.15, 0.2) is 0 Å². The molecule has 2 aliphatic rings. The van der Waals surface area contributed by atoms with Gasteiger partial charge in [0.2, 0.25) is 0 Å². The minimum absolute atomic E-state index is 0.0303. The first-order chi connectivity index (χ1) is 8.68. The molecule has 0 amide bonds. The molecular formula is C12H16N4O2. The third-order valence-electron chi connectivity index (χ3n) is 4.18. The van der Waals surface area contributed by atoms with Crippen LogP contribution in [0, 0.1) is 22.0 Å². The van der Waals surface area contributed by atoms with E-state index < -0.39 is 4.92 Å². The van der Waals surface area contributed by atoms with Gasteiger partial charge < -0.3 is 20.3 Å². The number of fused-ring (bicyclic) bond motifs is 1. The van der Waals surface area contributed by atoms with Crippen molar-refractivity contribution in [2.75, 3.05) is 24.5 Å². The summed E-state index contributed by atoms with van der Waals surface area (Å²) >= 11 is 0. The molecule has 96 valence electrons. The second kappa shape index (κ2) is 4.20. The van der Waals surface area contributed by atoms with Crippen LogP contribution in [0.2, 0.25) is 0 Å². The Morgan fingerprint density at radius 3 is 3.11 bits per heavy atom. The van der Waals surface area contributed by atoms with E-state index in [-0.39, 0.29) is 5.82 Å². The molecule has 2 fully saturated rings. The molecule has 2 saturated heterocycles. The second-order valence-electron chi connectivity index (χ2n) is 5.08. The second-order valence-corrected chi connectivity index (χ2v) is 5.08. The van der Waals surface area contributed by atoms with Crippen molar-refractivity contribution in [2.24, 2.45) is 11.8 Å². The van der Waals surface area contributed by atoms with E-state index in [2.05, 4.69) is 22.1 Å². The number of nitro groups is 1. The van der Waals surface area contributed by atoms with E-state index in [1.807, 2.05) is 0 Å². The van der Waals surface area contributed by atoms with E-state index >= 15 is 0 Å². The van der Waals surface area contributed by atoms with E-state index in [9.17, 15) is 10.1 Å². The molecule has 1 aromatic rings. The summed E-state index contributed by atoms with van der Waals surface area (Å²) in [4.78, 5) is 16.7. The van der Waals surface area contributed by atoms with Crippen LogP contribution in [0.4, 0.5) is 11.5 Å². The highest BCUT2D eigenvalue weighted by Crippen LogP contribution is 2.38. The molecule has 0 aliphatic carbocycles. The van der Waals surface area contributed by atoms with Crippen molar-refractivity contribution in [2.45, 2.75) is 13.0 Å². The van der Waals surface area contributed by atoms with Crippen LogP contribution in [-0.2, 0) is 0 Å². The zero-order valence-corrected chi connectivity index (χ0v) is 10.2. The third kappa shape index (κ3) is 1.64. The average Bonchev–Trinajstić information content (AvgIpc) is 2.93. The number of pyridine rings is 1. The van der Waals surface area contributed by atoms with Crippen molar-refractivity contribution in [1.29, 1.82) is 0 Å². The van der Waals surface area contributed by atoms with Crippen molar-refractivity contribution in [3.05, 3.63) is 28.4 Å². The first-order valence-electron chi connectivity index (χ1n) is 6.25. The van der Waals surface area contributed by atoms with E-state index in [0.717, 1.165) is 19.6 Å². The summed E-state index contributed by atoms with van der Waals surface area (Å²) in [5.41, 5.74) is 0.657.